The summed E-state index contributed by atoms with van der Waals surface area (Å²) in [5, 5.41) is 4.02. The zero-order chi connectivity index (χ0) is 21.3. The number of nitrogens with zero attached hydrogens (tertiary/aromatic N) is 2. The van der Waals surface area contributed by atoms with E-state index in [0.29, 0.717) is 28.4 Å². The average molecular weight is 409 g/mol. The number of methoxy groups -OCH3 is 2. The van der Waals surface area contributed by atoms with Gasteiger partial charge in [-0.1, -0.05) is 0 Å². The molecule has 1 saturated heterocycles. The number of benzene rings is 2. The first-order valence-corrected chi connectivity index (χ1v) is 10.2. The van der Waals surface area contributed by atoms with Crippen molar-refractivity contribution in [1.29, 1.82) is 0 Å². The first-order valence-electron chi connectivity index (χ1n) is 10.2. The quantitative estimate of drug-likeness (QED) is 0.652. The number of anilines is 1. The lowest BCUT2D eigenvalue weighted by atomic mass is 10.1. The van der Waals surface area contributed by atoms with Crippen LogP contribution in [0.1, 0.15) is 12.0 Å². The van der Waals surface area contributed by atoms with Crippen LogP contribution in [0.2, 0.25) is 0 Å². The molecule has 1 fully saturated rings. The van der Waals surface area contributed by atoms with Crippen molar-refractivity contribution in [2.45, 2.75) is 13.3 Å². The Kier molecular flexibility index (Phi) is 5.63. The van der Waals surface area contributed by atoms with Crippen LogP contribution < -0.4 is 20.3 Å². The Labute approximate surface area is 176 Å². The van der Waals surface area contributed by atoms with Gasteiger partial charge in [-0.15, -0.1) is 0 Å². The average Bonchev–Trinajstić information content (AvgIpc) is 3.16. The van der Waals surface area contributed by atoms with Gasteiger partial charge in [0.2, 0.25) is 0 Å². The molecule has 0 bridgehead atoms. The maximum absolute atomic E-state index is 12.9. The van der Waals surface area contributed by atoms with Crippen molar-refractivity contribution in [2.75, 3.05) is 46.2 Å². The highest BCUT2D eigenvalue weighted by molar-refractivity contribution is 5.87. The van der Waals surface area contributed by atoms with Crippen molar-refractivity contribution in [3.8, 4) is 22.9 Å². The molecule has 0 radical (unpaired) electrons. The van der Waals surface area contributed by atoms with Gasteiger partial charge in [0.1, 0.15) is 22.7 Å². The first-order chi connectivity index (χ1) is 14.5. The molecule has 0 saturated carbocycles. The summed E-state index contributed by atoms with van der Waals surface area (Å²) in [6.45, 7) is 5.02. The summed E-state index contributed by atoms with van der Waals surface area (Å²) in [5.74, 6) is 2.40. The monoisotopic (exact) mass is 408 g/mol. The van der Waals surface area contributed by atoms with Crippen LogP contribution in [0.15, 0.2) is 35.1 Å². The van der Waals surface area contributed by atoms with Crippen molar-refractivity contribution in [3.63, 3.8) is 0 Å². The van der Waals surface area contributed by atoms with Gasteiger partial charge in [0.15, 0.2) is 0 Å². The topological polar surface area (TPSA) is 79.5 Å². The van der Waals surface area contributed by atoms with Crippen LogP contribution in [-0.2, 0) is 0 Å². The summed E-state index contributed by atoms with van der Waals surface area (Å²) in [5.41, 5.74) is 3.12. The third-order valence-corrected chi connectivity index (χ3v) is 5.69. The van der Waals surface area contributed by atoms with E-state index >= 15 is 0 Å². The second kappa shape index (κ2) is 8.36. The number of hydrogen-bond acceptors (Lipinski definition) is 6. The molecule has 1 aromatic heterocycles. The molecule has 2 aromatic carbocycles. The number of fused-ring (bicyclic) bond motifs is 1. The number of H-pyrrole nitrogens is 1. The van der Waals surface area contributed by atoms with Gasteiger partial charge in [-0.3, -0.25) is 4.79 Å². The molecule has 7 nitrogen and oxygen atoms in total. The molecule has 1 aliphatic heterocycles. The van der Waals surface area contributed by atoms with Crippen molar-refractivity contribution < 1.29 is 9.47 Å². The number of hydrogen-bond donors (Lipinski definition) is 2. The van der Waals surface area contributed by atoms with Crippen LogP contribution in [0, 0.1) is 12.8 Å². The summed E-state index contributed by atoms with van der Waals surface area (Å²) in [7, 11) is 5.36. The number of aromatic amines is 1. The largest absolute Gasteiger partial charge is 0.497 e. The zero-order valence-corrected chi connectivity index (χ0v) is 17.9. The first kappa shape index (κ1) is 20.2. The molecule has 158 valence electrons. The Bertz CT molecular complexity index is 1130. The summed E-state index contributed by atoms with van der Waals surface area (Å²) >= 11 is 0. The minimum absolute atomic E-state index is 0.217. The smallest absolute Gasteiger partial charge is 0.262 e. The third kappa shape index (κ3) is 3.98. The van der Waals surface area contributed by atoms with E-state index in [-0.39, 0.29) is 5.56 Å². The predicted molar refractivity (Wildman–Crippen MR) is 120 cm³/mol. The van der Waals surface area contributed by atoms with Crippen LogP contribution in [0.5, 0.6) is 11.5 Å². The summed E-state index contributed by atoms with van der Waals surface area (Å²) in [6, 6.07) is 9.51. The van der Waals surface area contributed by atoms with Crippen molar-refractivity contribution in [3.05, 3.63) is 46.2 Å². The molecule has 4 rings (SSSR count). The molecule has 1 atom stereocenters. The molecule has 30 heavy (non-hydrogen) atoms. The fraction of sp³-hybridized carbons (Fsp3) is 0.391. The number of ether oxygens (including phenoxy) is 2. The Morgan fingerprint density at radius 2 is 2.07 bits per heavy atom. The molecular formula is C23H28N4O3. The number of aryl methyl sites for hydroxylation is 1. The van der Waals surface area contributed by atoms with Crippen molar-refractivity contribution in [1.82, 2.24) is 14.9 Å². The van der Waals surface area contributed by atoms with E-state index in [1.54, 1.807) is 14.2 Å². The lowest BCUT2D eigenvalue weighted by Gasteiger charge is -2.17. The van der Waals surface area contributed by atoms with Gasteiger partial charge >= 0.3 is 0 Å². The lowest BCUT2D eigenvalue weighted by molar-refractivity contribution is 0.399. The van der Waals surface area contributed by atoms with E-state index < -0.39 is 0 Å². The highest BCUT2D eigenvalue weighted by atomic mass is 16.5. The van der Waals surface area contributed by atoms with Crippen LogP contribution in [0.3, 0.4) is 0 Å². The number of aromatic nitrogens is 2. The van der Waals surface area contributed by atoms with E-state index in [4.69, 9.17) is 14.5 Å². The normalized spacial score (nSPS) is 16.7. The van der Waals surface area contributed by atoms with E-state index in [1.165, 1.54) is 6.42 Å². The van der Waals surface area contributed by atoms with E-state index in [9.17, 15) is 4.79 Å². The molecule has 1 unspecified atom stereocenters. The second-order valence-electron chi connectivity index (χ2n) is 7.99. The number of likely N-dealkylation sites (tertiary alicyclic amines) is 1. The number of rotatable bonds is 6. The molecule has 2 N–H and O–H groups in total. The molecule has 2 heterocycles. The SMILES string of the molecule is COc1ccc(-c2nc3cc(C)cc(OC)c3c(=O)[nH]2)c(NCC2CCN(C)C2)c1. The fourth-order valence-electron chi connectivity index (χ4n) is 4.11. The van der Waals surface area contributed by atoms with E-state index in [1.807, 2.05) is 37.3 Å². The van der Waals surface area contributed by atoms with Gasteiger partial charge in [0, 0.05) is 30.4 Å². The molecule has 0 amide bonds. The molecular weight excluding hydrogens is 380 g/mol. The molecule has 3 aromatic rings. The maximum Gasteiger partial charge on any atom is 0.262 e. The Balaban J connectivity index is 1.75. The van der Waals surface area contributed by atoms with Gasteiger partial charge in [-0.25, -0.2) is 4.98 Å². The Hall–Kier alpha value is -3.06. The van der Waals surface area contributed by atoms with Crippen LogP contribution in [0.25, 0.3) is 22.3 Å². The standard InChI is InChI=1S/C23H28N4O3/c1-14-9-19-21(20(10-14)30-4)23(28)26-22(25-19)17-6-5-16(29-3)11-18(17)24-12-15-7-8-27(2)13-15/h5-6,9-11,15,24H,7-8,12-13H2,1-4H3,(H,25,26,28). The van der Waals surface area contributed by atoms with Crippen LogP contribution >= 0.6 is 0 Å². The minimum Gasteiger partial charge on any atom is -0.497 e. The van der Waals surface area contributed by atoms with E-state index in [0.717, 1.165) is 42.2 Å². The second-order valence-corrected chi connectivity index (χ2v) is 7.99. The summed E-state index contributed by atoms with van der Waals surface area (Å²) in [4.78, 5) is 22.9. The maximum atomic E-state index is 12.9. The molecule has 0 spiro atoms. The fourth-order valence-corrected chi connectivity index (χ4v) is 4.11. The molecule has 1 aliphatic rings. The highest BCUT2D eigenvalue weighted by Gasteiger charge is 2.20. The van der Waals surface area contributed by atoms with E-state index in [2.05, 4.69) is 22.2 Å². The molecule has 7 heteroatoms. The zero-order valence-electron chi connectivity index (χ0n) is 17.9. The van der Waals surface area contributed by atoms with Gasteiger partial charge in [-0.05, 0) is 62.7 Å². The molecule has 0 aliphatic carbocycles. The third-order valence-electron chi connectivity index (χ3n) is 5.69. The van der Waals surface area contributed by atoms with Crippen molar-refractivity contribution in [2.24, 2.45) is 5.92 Å². The number of nitrogens with one attached hydrogen (secondary N) is 2. The summed E-state index contributed by atoms with van der Waals surface area (Å²) < 4.78 is 10.8. The van der Waals surface area contributed by atoms with Gasteiger partial charge < -0.3 is 24.7 Å². The lowest BCUT2D eigenvalue weighted by Crippen LogP contribution is -2.19. The van der Waals surface area contributed by atoms with Gasteiger partial charge in [0.05, 0.1) is 19.7 Å². The van der Waals surface area contributed by atoms with Gasteiger partial charge in [-0.2, -0.15) is 0 Å². The van der Waals surface area contributed by atoms with Crippen LogP contribution in [0.4, 0.5) is 5.69 Å². The van der Waals surface area contributed by atoms with Gasteiger partial charge in [0.25, 0.3) is 5.56 Å². The Morgan fingerprint density at radius 1 is 1.23 bits per heavy atom. The highest BCUT2D eigenvalue weighted by Crippen LogP contribution is 2.31. The predicted octanol–water partition coefficient (Wildman–Crippen LogP) is 3.28. The Morgan fingerprint density at radius 3 is 2.77 bits per heavy atom. The van der Waals surface area contributed by atoms with Crippen LogP contribution in [-0.4, -0.2) is 55.8 Å². The van der Waals surface area contributed by atoms with Crippen molar-refractivity contribution >= 4 is 16.6 Å². The summed E-state index contributed by atoms with van der Waals surface area (Å²) in [6.07, 6.45) is 1.17. The minimum atomic E-state index is -0.217.